The van der Waals surface area contributed by atoms with Gasteiger partial charge >= 0.3 is 0 Å². The topological polar surface area (TPSA) is 89.7 Å². The Kier molecular flexibility index (Phi) is 6.56. The molecular formula is C25H28N4O3. The molecule has 4 rings (SSSR count). The average Bonchev–Trinajstić information content (AvgIpc) is 2.82. The quantitative estimate of drug-likeness (QED) is 0.594. The molecule has 0 aliphatic carbocycles. The van der Waals surface area contributed by atoms with Crippen LogP contribution in [0.25, 0.3) is 0 Å². The third kappa shape index (κ3) is 4.84. The second-order valence-electron chi connectivity index (χ2n) is 7.84. The second-order valence-corrected chi connectivity index (χ2v) is 7.84. The number of pyridine rings is 1. The van der Waals surface area contributed by atoms with Gasteiger partial charge in [0.1, 0.15) is 5.82 Å². The number of carbonyl (C=O) groups excluding carboxylic acids is 1. The van der Waals surface area contributed by atoms with Gasteiger partial charge < -0.3 is 20.5 Å². The molecule has 1 amide bonds. The van der Waals surface area contributed by atoms with Crippen molar-refractivity contribution in [2.75, 3.05) is 38.4 Å². The number of ether oxygens (including phenoxy) is 2. The number of nitrogens with two attached hydrogens (primary N) is 1. The van der Waals surface area contributed by atoms with Crippen LogP contribution in [0, 0.1) is 0 Å². The van der Waals surface area contributed by atoms with Gasteiger partial charge in [-0.2, -0.15) is 0 Å². The van der Waals surface area contributed by atoms with E-state index in [4.69, 9.17) is 15.2 Å². The van der Waals surface area contributed by atoms with E-state index in [-0.39, 0.29) is 11.7 Å². The molecule has 3 aromatic rings. The van der Waals surface area contributed by atoms with Gasteiger partial charge in [0, 0.05) is 31.5 Å². The molecule has 0 radical (unpaired) electrons. The fourth-order valence-corrected chi connectivity index (χ4v) is 3.98. The van der Waals surface area contributed by atoms with Crippen molar-refractivity contribution in [3.63, 3.8) is 0 Å². The summed E-state index contributed by atoms with van der Waals surface area (Å²) < 4.78 is 10.9. The molecule has 166 valence electrons. The van der Waals surface area contributed by atoms with Crippen LogP contribution in [0.2, 0.25) is 0 Å². The molecule has 7 heteroatoms. The normalized spacial score (nSPS) is 13.3. The highest BCUT2D eigenvalue weighted by Gasteiger charge is 2.19. The van der Waals surface area contributed by atoms with Crippen LogP contribution in [-0.2, 0) is 19.4 Å². The standard InChI is InChI=1S/C25H28N4O3/c1-31-22-14-18-10-13-29(16-19(18)15-23(22)32-2)12-9-17-5-7-20(8-6-17)28-25(30)21-4-3-11-27-24(21)26/h3-8,11,14-15H,9-10,12-13,16H2,1-2H3,(H2,26,27)(H,28,30). The Bertz CT molecular complexity index is 1100. The number of fused-ring (bicyclic) bond motifs is 1. The summed E-state index contributed by atoms with van der Waals surface area (Å²) in [6, 6.07) is 15.5. The Balaban J connectivity index is 1.33. The molecule has 0 fully saturated rings. The Morgan fingerprint density at radius 2 is 1.81 bits per heavy atom. The summed E-state index contributed by atoms with van der Waals surface area (Å²) >= 11 is 0. The number of hydrogen-bond acceptors (Lipinski definition) is 6. The van der Waals surface area contributed by atoms with Crippen molar-refractivity contribution in [2.45, 2.75) is 19.4 Å². The largest absolute Gasteiger partial charge is 0.493 e. The number of rotatable bonds is 7. The minimum absolute atomic E-state index is 0.223. The Hall–Kier alpha value is -3.58. The van der Waals surface area contributed by atoms with Gasteiger partial charge in [0.05, 0.1) is 19.8 Å². The number of methoxy groups -OCH3 is 2. The Morgan fingerprint density at radius 3 is 2.50 bits per heavy atom. The smallest absolute Gasteiger partial charge is 0.259 e. The SMILES string of the molecule is COc1cc2c(cc1OC)CN(CCc1ccc(NC(=O)c3cccnc3N)cc1)CC2. The first-order chi connectivity index (χ1) is 15.6. The van der Waals surface area contributed by atoms with Gasteiger partial charge in [-0.15, -0.1) is 0 Å². The molecule has 1 aliphatic rings. The van der Waals surface area contributed by atoms with Crippen LogP contribution in [0.1, 0.15) is 27.0 Å². The Labute approximate surface area is 188 Å². The lowest BCUT2D eigenvalue weighted by molar-refractivity contribution is 0.102. The molecule has 2 aromatic carbocycles. The number of hydrogen-bond donors (Lipinski definition) is 2. The molecule has 0 bridgehead atoms. The van der Waals surface area contributed by atoms with Crippen molar-refractivity contribution >= 4 is 17.4 Å². The molecular weight excluding hydrogens is 404 g/mol. The van der Waals surface area contributed by atoms with E-state index in [1.165, 1.54) is 16.7 Å². The third-order valence-electron chi connectivity index (χ3n) is 5.81. The first-order valence-electron chi connectivity index (χ1n) is 10.6. The van der Waals surface area contributed by atoms with E-state index in [1.54, 1.807) is 32.5 Å². The van der Waals surface area contributed by atoms with Crippen LogP contribution in [0.15, 0.2) is 54.7 Å². The van der Waals surface area contributed by atoms with Gasteiger partial charge in [-0.25, -0.2) is 4.98 Å². The van der Waals surface area contributed by atoms with Crippen molar-refractivity contribution in [3.05, 3.63) is 77.0 Å². The van der Waals surface area contributed by atoms with Crippen molar-refractivity contribution < 1.29 is 14.3 Å². The van der Waals surface area contributed by atoms with Crippen molar-refractivity contribution in [1.82, 2.24) is 9.88 Å². The molecule has 0 spiro atoms. The van der Waals surface area contributed by atoms with Gasteiger partial charge in [-0.3, -0.25) is 9.69 Å². The predicted molar refractivity (Wildman–Crippen MR) is 125 cm³/mol. The summed E-state index contributed by atoms with van der Waals surface area (Å²) in [5, 5.41) is 2.87. The minimum Gasteiger partial charge on any atom is -0.493 e. The first kappa shape index (κ1) is 21.6. The summed E-state index contributed by atoms with van der Waals surface area (Å²) in [5.41, 5.74) is 10.7. The molecule has 32 heavy (non-hydrogen) atoms. The van der Waals surface area contributed by atoms with Crippen molar-refractivity contribution in [2.24, 2.45) is 0 Å². The summed E-state index contributed by atoms with van der Waals surface area (Å²) in [7, 11) is 3.34. The third-order valence-corrected chi connectivity index (χ3v) is 5.81. The summed E-state index contributed by atoms with van der Waals surface area (Å²) in [4.78, 5) is 18.8. The van der Waals surface area contributed by atoms with E-state index in [0.29, 0.717) is 5.56 Å². The number of nitrogens with one attached hydrogen (secondary N) is 1. The zero-order valence-electron chi connectivity index (χ0n) is 18.4. The monoisotopic (exact) mass is 432 g/mol. The van der Waals surface area contributed by atoms with Crippen LogP contribution in [-0.4, -0.2) is 43.1 Å². The van der Waals surface area contributed by atoms with Crippen LogP contribution in [0.5, 0.6) is 11.5 Å². The van der Waals surface area contributed by atoms with E-state index in [1.807, 2.05) is 24.3 Å². The van der Waals surface area contributed by atoms with Gasteiger partial charge in [0.2, 0.25) is 0 Å². The van der Waals surface area contributed by atoms with Gasteiger partial charge in [0.15, 0.2) is 11.5 Å². The fraction of sp³-hybridized carbons (Fsp3) is 0.280. The zero-order chi connectivity index (χ0) is 22.5. The second kappa shape index (κ2) is 9.70. The molecule has 7 nitrogen and oxygen atoms in total. The molecule has 1 aliphatic heterocycles. The average molecular weight is 433 g/mol. The van der Waals surface area contributed by atoms with Gasteiger partial charge in [0.25, 0.3) is 5.91 Å². The van der Waals surface area contributed by atoms with Crippen LogP contribution in [0.3, 0.4) is 0 Å². The number of carbonyl (C=O) groups is 1. The molecule has 0 saturated carbocycles. The maximum absolute atomic E-state index is 12.4. The summed E-state index contributed by atoms with van der Waals surface area (Å²) in [6.45, 7) is 2.88. The van der Waals surface area contributed by atoms with Gasteiger partial charge in [-0.1, -0.05) is 12.1 Å². The fourth-order valence-electron chi connectivity index (χ4n) is 3.98. The van der Waals surface area contributed by atoms with Crippen LogP contribution in [0.4, 0.5) is 11.5 Å². The maximum atomic E-state index is 12.4. The highest BCUT2D eigenvalue weighted by molar-refractivity contribution is 6.07. The highest BCUT2D eigenvalue weighted by Crippen LogP contribution is 2.33. The van der Waals surface area contributed by atoms with E-state index in [2.05, 4.69) is 27.3 Å². The lowest BCUT2D eigenvalue weighted by Gasteiger charge is -2.29. The van der Waals surface area contributed by atoms with Gasteiger partial charge in [-0.05, 0) is 65.9 Å². The highest BCUT2D eigenvalue weighted by atomic mass is 16.5. The molecule has 1 aromatic heterocycles. The lowest BCUT2D eigenvalue weighted by atomic mass is 9.98. The number of anilines is 2. The van der Waals surface area contributed by atoms with E-state index >= 15 is 0 Å². The van der Waals surface area contributed by atoms with E-state index in [9.17, 15) is 4.79 Å². The lowest BCUT2D eigenvalue weighted by Crippen LogP contribution is -2.32. The molecule has 0 atom stereocenters. The number of aromatic nitrogens is 1. The van der Waals surface area contributed by atoms with E-state index < -0.39 is 0 Å². The molecule has 0 saturated heterocycles. The number of amides is 1. The summed E-state index contributed by atoms with van der Waals surface area (Å²) in [6.07, 6.45) is 3.50. The Morgan fingerprint density at radius 1 is 1.09 bits per heavy atom. The number of nitrogen functional groups attached to an aromatic ring is 1. The van der Waals surface area contributed by atoms with Crippen molar-refractivity contribution in [3.8, 4) is 11.5 Å². The minimum atomic E-state index is -0.262. The van der Waals surface area contributed by atoms with E-state index in [0.717, 1.165) is 49.7 Å². The zero-order valence-corrected chi connectivity index (χ0v) is 18.4. The van der Waals surface area contributed by atoms with Crippen molar-refractivity contribution in [1.29, 1.82) is 0 Å². The molecule has 3 N–H and O–H groups in total. The predicted octanol–water partition coefficient (Wildman–Crippen LogP) is 3.53. The van der Waals surface area contributed by atoms with Crippen LogP contribution < -0.4 is 20.5 Å². The number of benzene rings is 2. The van der Waals surface area contributed by atoms with Crippen LogP contribution >= 0.6 is 0 Å². The molecule has 0 unspecified atom stereocenters. The molecule has 2 heterocycles. The number of nitrogens with zero attached hydrogens (tertiary/aromatic N) is 2. The summed E-state index contributed by atoms with van der Waals surface area (Å²) in [5.74, 6) is 1.53. The first-order valence-corrected chi connectivity index (χ1v) is 10.6. The maximum Gasteiger partial charge on any atom is 0.259 e.